The smallest absolute Gasteiger partial charge is 0.408 e. The monoisotopic (exact) mass is 404 g/mol. The highest BCUT2D eigenvalue weighted by Gasteiger charge is 2.37. The third-order valence-electron chi connectivity index (χ3n) is 3.34. The van der Waals surface area contributed by atoms with Gasteiger partial charge in [0.05, 0.1) is 6.42 Å². The summed E-state index contributed by atoms with van der Waals surface area (Å²) in [4.78, 5) is 35.5. The number of carboxylic acids is 1. The van der Waals surface area contributed by atoms with E-state index in [1.165, 1.54) is 0 Å². The number of halogens is 3. The van der Waals surface area contributed by atoms with E-state index in [0.717, 1.165) is 0 Å². The van der Waals surface area contributed by atoms with Gasteiger partial charge in [-0.05, 0) is 26.3 Å². The first kappa shape index (κ1) is 23.3. The molecule has 28 heavy (non-hydrogen) atoms. The molecule has 0 aromatic heterocycles. The predicted octanol–water partition coefficient (Wildman–Crippen LogP) is 2.64. The van der Waals surface area contributed by atoms with Crippen LogP contribution in [0.2, 0.25) is 0 Å². The fraction of sp³-hybridized carbons (Fsp3) is 0.500. The Morgan fingerprint density at radius 2 is 1.61 bits per heavy atom. The van der Waals surface area contributed by atoms with Crippen LogP contribution in [0.3, 0.4) is 0 Å². The van der Waals surface area contributed by atoms with Gasteiger partial charge in [0.15, 0.2) is 0 Å². The lowest BCUT2D eigenvalue weighted by molar-refractivity contribution is -0.160. The van der Waals surface area contributed by atoms with Gasteiger partial charge in [-0.2, -0.15) is 13.2 Å². The Balaban J connectivity index is 2.96. The van der Waals surface area contributed by atoms with E-state index in [1.54, 1.807) is 51.1 Å². The van der Waals surface area contributed by atoms with Crippen LogP contribution in [0, 0.1) is 0 Å². The summed E-state index contributed by atoms with van der Waals surface area (Å²) in [7, 11) is 0. The van der Waals surface area contributed by atoms with Gasteiger partial charge in [-0.25, -0.2) is 9.59 Å². The van der Waals surface area contributed by atoms with Crippen molar-refractivity contribution in [1.29, 1.82) is 0 Å². The highest BCUT2D eigenvalue weighted by Crippen LogP contribution is 2.21. The third-order valence-corrected chi connectivity index (χ3v) is 3.34. The fourth-order valence-electron chi connectivity index (χ4n) is 2.21. The molecule has 3 N–H and O–H groups in total. The molecule has 0 unspecified atom stereocenters. The number of carbonyl (C=O) groups is 3. The van der Waals surface area contributed by atoms with Crippen molar-refractivity contribution in [2.45, 2.75) is 57.5 Å². The lowest BCUT2D eigenvalue weighted by atomic mass is 10.0. The molecule has 0 aliphatic heterocycles. The number of hydrogen-bond donors (Lipinski definition) is 3. The highest BCUT2D eigenvalue weighted by atomic mass is 19.4. The Hall–Kier alpha value is -2.78. The lowest BCUT2D eigenvalue weighted by Crippen LogP contribution is -2.54. The standard InChI is InChI=1S/C18H23F3N2O5/c1-17(2,3)28-16(27)23-12(9-11-7-5-4-6-8-11)14(24)22-13(15(25)26)10-18(19,20)21/h4-8,12-13H,9-10H2,1-3H3,(H,22,24)(H,23,27)(H,25,26)/t12-,13-/m1/s1. The van der Waals surface area contributed by atoms with E-state index >= 15 is 0 Å². The van der Waals surface area contributed by atoms with Crippen molar-refractivity contribution in [3.05, 3.63) is 35.9 Å². The maximum absolute atomic E-state index is 12.6. The summed E-state index contributed by atoms with van der Waals surface area (Å²) in [6.45, 7) is 4.80. The number of carboxylic acid groups (broad SMARTS) is 1. The van der Waals surface area contributed by atoms with E-state index < -0.39 is 48.3 Å². The van der Waals surface area contributed by atoms with E-state index in [9.17, 15) is 27.6 Å². The largest absolute Gasteiger partial charge is 0.480 e. The van der Waals surface area contributed by atoms with Gasteiger partial charge >= 0.3 is 18.2 Å². The Kier molecular flexibility index (Phi) is 7.83. The summed E-state index contributed by atoms with van der Waals surface area (Å²) in [5.41, 5.74) is -0.251. The van der Waals surface area contributed by atoms with Gasteiger partial charge in [-0.3, -0.25) is 4.79 Å². The SMILES string of the molecule is CC(C)(C)OC(=O)N[C@H](Cc1ccccc1)C(=O)N[C@H](CC(F)(F)F)C(=O)O. The van der Waals surface area contributed by atoms with Gasteiger partial charge in [0.2, 0.25) is 5.91 Å². The van der Waals surface area contributed by atoms with Crippen LogP contribution in [0.5, 0.6) is 0 Å². The zero-order valence-corrected chi connectivity index (χ0v) is 15.7. The quantitative estimate of drug-likeness (QED) is 0.648. The van der Waals surface area contributed by atoms with Crippen LogP contribution in [0.4, 0.5) is 18.0 Å². The second-order valence-corrected chi connectivity index (χ2v) is 7.11. The van der Waals surface area contributed by atoms with E-state index in [0.29, 0.717) is 5.56 Å². The molecule has 0 bridgehead atoms. The Bertz CT molecular complexity index is 687. The minimum atomic E-state index is -4.79. The van der Waals surface area contributed by atoms with Crippen LogP contribution < -0.4 is 10.6 Å². The van der Waals surface area contributed by atoms with Crippen LogP contribution in [-0.2, 0) is 20.7 Å². The highest BCUT2D eigenvalue weighted by molar-refractivity contribution is 5.89. The minimum Gasteiger partial charge on any atom is -0.480 e. The van der Waals surface area contributed by atoms with Gasteiger partial charge in [0.25, 0.3) is 0 Å². The summed E-state index contributed by atoms with van der Waals surface area (Å²) in [5.74, 6) is -2.90. The number of nitrogens with one attached hydrogen (secondary N) is 2. The van der Waals surface area contributed by atoms with Gasteiger partial charge in [-0.1, -0.05) is 30.3 Å². The fourth-order valence-corrected chi connectivity index (χ4v) is 2.21. The molecule has 10 heteroatoms. The maximum atomic E-state index is 12.6. The first-order valence-corrected chi connectivity index (χ1v) is 8.40. The van der Waals surface area contributed by atoms with Crippen molar-refractivity contribution in [2.24, 2.45) is 0 Å². The molecule has 0 spiro atoms. The molecular formula is C18H23F3N2O5. The molecule has 0 aliphatic rings. The van der Waals surface area contributed by atoms with Gasteiger partial charge in [-0.15, -0.1) is 0 Å². The number of benzene rings is 1. The minimum absolute atomic E-state index is 0.0652. The lowest BCUT2D eigenvalue weighted by Gasteiger charge is -2.25. The normalized spacial score (nSPS) is 13.9. The number of carbonyl (C=O) groups excluding carboxylic acids is 2. The van der Waals surface area contributed by atoms with Crippen LogP contribution in [-0.4, -0.2) is 46.9 Å². The van der Waals surface area contributed by atoms with Crippen molar-refractivity contribution in [1.82, 2.24) is 10.6 Å². The van der Waals surface area contributed by atoms with E-state index in [1.807, 2.05) is 5.32 Å². The number of amides is 2. The number of ether oxygens (including phenoxy) is 1. The van der Waals surface area contributed by atoms with Crippen molar-refractivity contribution in [3.8, 4) is 0 Å². The molecule has 2 amide bonds. The molecule has 1 aromatic rings. The summed E-state index contributed by atoms with van der Waals surface area (Å²) < 4.78 is 42.7. The van der Waals surface area contributed by atoms with E-state index in [-0.39, 0.29) is 6.42 Å². The maximum Gasteiger partial charge on any atom is 0.408 e. The predicted molar refractivity (Wildman–Crippen MR) is 93.5 cm³/mol. The third kappa shape index (κ3) is 9.24. The number of rotatable bonds is 7. The van der Waals surface area contributed by atoms with Crippen molar-refractivity contribution < 1.29 is 37.4 Å². The average Bonchev–Trinajstić information content (AvgIpc) is 2.51. The zero-order valence-electron chi connectivity index (χ0n) is 15.7. The molecule has 2 atom stereocenters. The molecule has 0 aliphatic carbocycles. The van der Waals surface area contributed by atoms with Gasteiger partial charge < -0.3 is 20.5 Å². The molecule has 0 saturated heterocycles. The van der Waals surface area contributed by atoms with Crippen LogP contribution in [0.25, 0.3) is 0 Å². The molecule has 1 aromatic carbocycles. The Morgan fingerprint density at radius 3 is 2.07 bits per heavy atom. The molecule has 1 rings (SSSR count). The Labute approximate surface area is 160 Å². The molecular weight excluding hydrogens is 381 g/mol. The second-order valence-electron chi connectivity index (χ2n) is 7.11. The number of hydrogen-bond acceptors (Lipinski definition) is 4. The molecule has 7 nitrogen and oxygen atoms in total. The van der Waals surface area contributed by atoms with Gasteiger partial charge in [0.1, 0.15) is 17.7 Å². The number of aliphatic carboxylic acids is 1. The van der Waals surface area contributed by atoms with E-state index in [2.05, 4.69) is 5.32 Å². The van der Waals surface area contributed by atoms with Crippen molar-refractivity contribution in [3.63, 3.8) is 0 Å². The topological polar surface area (TPSA) is 105 Å². The Morgan fingerprint density at radius 1 is 1.04 bits per heavy atom. The summed E-state index contributed by atoms with van der Waals surface area (Å²) in [6, 6.07) is 4.90. The zero-order chi connectivity index (χ0) is 21.5. The number of alkyl halides is 3. The van der Waals surface area contributed by atoms with Crippen LogP contribution in [0.15, 0.2) is 30.3 Å². The number of alkyl carbamates (subject to hydrolysis) is 1. The molecule has 0 saturated carbocycles. The van der Waals surface area contributed by atoms with Gasteiger partial charge in [0, 0.05) is 6.42 Å². The second kappa shape index (κ2) is 9.43. The molecule has 0 heterocycles. The first-order valence-electron chi connectivity index (χ1n) is 8.40. The summed E-state index contributed by atoms with van der Waals surface area (Å²) in [5, 5.41) is 13.1. The summed E-state index contributed by atoms with van der Waals surface area (Å²) in [6.07, 6.45) is -7.54. The molecule has 0 radical (unpaired) electrons. The van der Waals surface area contributed by atoms with Crippen LogP contribution >= 0.6 is 0 Å². The van der Waals surface area contributed by atoms with Crippen molar-refractivity contribution in [2.75, 3.05) is 0 Å². The first-order chi connectivity index (χ1) is 12.8. The summed E-state index contributed by atoms with van der Waals surface area (Å²) >= 11 is 0. The molecule has 0 fully saturated rings. The van der Waals surface area contributed by atoms with E-state index in [4.69, 9.17) is 9.84 Å². The molecule has 156 valence electrons. The average molecular weight is 404 g/mol. The van der Waals surface area contributed by atoms with Crippen molar-refractivity contribution >= 4 is 18.0 Å². The van der Waals surface area contributed by atoms with Crippen LogP contribution in [0.1, 0.15) is 32.8 Å².